The number of sulfone groups is 1. The molecule has 6 heteroatoms. The van der Waals surface area contributed by atoms with E-state index in [2.05, 4.69) is 0 Å². The molecule has 5 nitrogen and oxygen atoms in total. The summed E-state index contributed by atoms with van der Waals surface area (Å²) in [5.74, 6) is 0.542. The number of hydrogen-bond acceptors (Lipinski definition) is 5. The molecule has 1 aromatic carbocycles. The highest BCUT2D eigenvalue weighted by molar-refractivity contribution is 7.91. The fourth-order valence-electron chi connectivity index (χ4n) is 1.59. The summed E-state index contributed by atoms with van der Waals surface area (Å²) in [4.78, 5) is 0.193. The van der Waals surface area contributed by atoms with Crippen LogP contribution in [0.2, 0.25) is 0 Å². The van der Waals surface area contributed by atoms with E-state index in [1.807, 2.05) is 6.07 Å². The summed E-state index contributed by atoms with van der Waals surface area (Å²) in [6.07, 6.45) is 1.53. The third-order valence-corrected chi connectivity index (χ3v) is 4.36. The normalized spacial score (nSPS) is 11.2. The second kappa shape index (κ2) is 6.37. The van der Waals surface area contributed by atoms with Gasteiger partial charge in [0, 0.05) is 0 Å². The lowest BCUT2D eigenvalue weighted by atomic mass is 10.2. The van der Waals surface area contributed by atoms with Crippen LogP contribution >= 0.6 is 0 Å². The van der Waals surface area contributed by atoms with E-state index in [1.54, 1.807) is 12.1 Å². The Labute approximate surface area is 117 Å². The van der Waals surface area contributed by atoms with Gasteiger partial charge in [-0.05, 0) is 36.4 Å². The van der Waals surface area contributed by atoms with Crippen LogP contribution in [-0.4, -0.2) is 20.8 Å². The topological polar surface area (TPSA) is 80.3 Å². The van der Waals surface area contributed by atoms with Crippen LogP contribution in [0.25, 0.3) is 0 Å². The van der Waals surface area contributed by atoms with E-state index in [-0.39, 0.29) is 23.9 Å². The maximum atomic E-state index is 12.0. The molecular formula is C14H13NO4S. The lowest BCUT2D eigenvalue weighted by Gasteiger charge is -2.05. The van der Waals surface area contributed by atoms with Crippen molar-refractivity contribution in [3.8, 4) is 6.07 Å². The van der Waals surface area contributed by atoms with Crippen molar-refractivity contribution in [3.63, 3.8) is 0 Å². The minimum Gasteiger partial charge on any atom is -0.467 e. The van der Waals surface area contributed by atoms with Crippen LogP contribution in [0.15, 0.2) is 52.0 Å². The van der Waals surface area contributed by atoms with Gasteiger partial charge >= 0.3 is 0 Å². The van der Waals surface area contributed by atoms with Crippen LogP contribution in [0.4, 0.5) is 0 Å². The van der Waals surface area contributed by atoms with E-state index in [1.165, 1.54) is 30.5 Å². The second-order valence-electron chi connectivity index (χ2n) is 4.09. The third-order valence-electron chi connectivity index (χ3n) is 2.66. The number of nitrogens with zero attached hydrogens (tertiary/aromatic N) is 1. The zero-order valence-electron chi connectivity index (χ0n) is 10.7. The molecule has 0 saturated heterocycles. The van der Waals surface area contributed by atoms with Gasteiger partial charge in [0.2, 0.25) is 0 Å². The van der Waals surface area contributed by atoms with Crippen molar-refractivity contribution in [2.75, 3.05) is 12.4 Å². The van der Waals surface area contributed by atoms with E-state index in [4.69, 9.17) is 14.4 Å². The van der Waals surface area contributed by atoms with E-state index >= 15 is 0 Å². The predicted molar refractivity (Wildman–Crippen MR) is 71.6 cm³/mol. The van der Waals surface area contributed by atoms with Gasteiger partial charge < -0.3 is 9.15 Å². The highest BCUT2D eigenvalue weighted by Gasteiger charge is 2.14. The van der Waals surface area contributed by atoms with Gasteiger partial charge in [-0.25, -0.2) is 8.42 Å². The van der Waals surface area contributed by atoms with Crippen molar-refractivity contribution < 1.29 is 17.6 Å². The summed E-state index contributed by atoms with van der Waals surface area (Å²) >= 11 is 0. The van der Waals surface area contributed by atoms with Crippen molar-refractivity contribution >= 4 is 9.84 Å². The SMILES string of the molecule is N#Cc1ccc(S(=O)(=O)CCOCc2ccco2)cc1. The summed E-state index contributed by atoms with van der Waals surface area (Å²) in [5, 5.41) is 8.67. The maximum Gasteiger partial charge on any atom is 0.180 e. The smallest absolute Gasteiger partial charge is 0.180 e. The molecule has 0 aliphatic carbocycles. The number of benzene rings is 1. The van der Waals surface area contributed by atoms with Gasteiger partial charge in [0.1, 0.15) is 12.4 Å². The minimum atomic E-state index is -3.39. The summed E-state index contributed by atoms with van der Waals surface area (Å²) < 4.78 is 34.3. The van der Waals surface area contributed by atoms with Crippen LogP contribution in [-0.2, 0) is 21.2 Å². The first-order valence-corrected chi connectivity index (χ1v) is 7.60. The van der Waals surface area contributed by atoms with Gasteiger partial charge in [0.15, 0.2) is 9.84 Å². The average Bonchev–Trinajstić information content (AvgIpc) is 2.97. The first-order chi connectivity index (χ1) is 9.62. The van der Waals surface area contributed by atoms with E-state index < -0.39 is 9.84 Å². The van der Waals surface area contributed by atoms with E-state index in [9.17, 15) is 8.42 Å². The Kier molecular flexibility index (Phi) is 4.56. The van der Waals surface area contributed by atoms with Crippen LogP contribution in [0.1, 0.15) is 11.3 Å². The molecule has 0 N–H and O–H groups in total. The molecule has 0 fully saturated rings. The predicted octanol–water partition coefficient (Wildman–Crippen LogP) is 2.14. The van der Waals surface area contributed by atoms with Crippen LogP contribution in [0.3, 0.4) is 0 Å². The molecule has 0 atom stereocenters. The van der Waals surface area contributed by atoms with Crippen molar-refractivity contribution in [1.29, 1.82) is 5.26 Å². The largest absolute Gasteiger partial charge is 0.467 e. The monoisotopic (exact) mass is 291 g/mol. The van der Waals surface area contributed by atoms with Gasteiger partial charge in [0.25, 0.3) is 0 Å². The summed E-state index contributed by atoms with van der Waals surface area (Å²) in [5.41, 5.74) is 0.429. The molecule has 2 rings (SSSR count). The van der Waals surface area contributed by atoms with E-state index in [0.717, 1.165) is 0 Å². The van der Waals surface area contributed by atoms with Crippen molar-refractivity contribution in [2.24, 2.45) is 0 Å². The van der Waals surface area contributed by atoms with Crippen LogP contribution in [0, 0.1) is 11.3 Å². The van der Waals surface area contributed by atoms with Crippen molar-refractivity contribution in [1.82, 2.24) is 0 Å². The lowest BCUT2D eigenvalue weighted by Crippen LogP contribution is -2.12. The summed E-state index contributed by atoms with van der Waals surface area (Å²) in [6, 6.07) is 11.3. The average molecular weight is 291 g/mol. The van der Waals surface area contributed by atoms with Gasteiger partial charge in [0.05, 0.1) is 35.2 Å². The molecule has 0 unspecified atom stereocenters. The molecule has 1 heterocycles. The van der Waals surface area contributed by atoms with Crippen molar-refractivity contribution in [3.05, 3.63) is 54.0 Å². The van der Waals surface area contributed by atoms with Gasteiger partial charge in [-0.1, -0.05) is 0 Å². The Hall–Kier alpha value is -2.10. The summed E-state index contributed by atoms with van der Waals surface area (Å²) in [6.45, 7) is 0.332. The fraction of sp³-hybridized carbons (Fsp3) is 0.214. The number of ether oxygens (including phenoxy) is 1. The van der Waals surface area contributed by atoms with Gasteiger partial charge in [-0.3, -0.25) is 0 Å². The highest BCUT2D eigenvalue weighted by atomic mass is 32.2. The first kappa shape index (κ1) is 14.3. The Morgan fingerprint density at radius 1 is 1.20 bits per heavy atom. The van der Waals surface area contributed by atoms with Crippen LogP contribution < -0.4 is 0 Å². The molecule has 0 amide bonds. The molecular weight excluding hydrogens is 278 g/mol. The molecule has 0 aliphatic rings. The molecule has 0 radical (unpaired) electrons. The number of hydrogen-bond donors (Lipinski definition) is 0. The maximum absolute atomic E-state index is 12.0. The Balaban J connectivity index is 1.88. The highest BCUT2D eigenvalue weighted by Crippen LogP contribution is 2.12. The summed E-state index contributed by atoms with van der Waals surface area (Å²) in [7, 11) is -3.39. The number of rotatable bonds is 6. The zero-order valence-corrected chi connectivity index (χ0v) is 11.5. The molecule has 0 spiro atoms. The first-order valence-electron chi connectivity index (χ1n) is 5.95. The molecule has 0 aliphatic heterocycles. The Bertz CT molecular complexity index is 682. The van der Waals surface area contributed by atoms with Gasteiger partial charge in [-0.15, -0.1) is 0 Å². The quantitative estimate of drug-likeness (QED) is 0.762. The Morgan fingerprint density at radius 2 is 1.95 bits per heavy atom. The van der Waals surface area contributed by atoms with E-state index in [0.29, 0.717) is 11.3 Å². The van der Waals surface area contributed by atoms with Gasteiger partial charge in [-0.2, -0.15) is 5.26 Å². The minimum absolute atomic E-state index is 0.0863. The Morgan fingerprint density at radius 3 is 2.55 bits per heavy atom. The molecule has 20 heavy (non-hydrogen) atoms. The third kappa shape index (κ3) is 3.70. The molecule has 0 bridgehead atoms. The fourth-order valence-corrected chi connectivity index (χ4v) is 2.71. The number of furan rings is 1. The van der Waals surface area contributed by atoms with Crippen LogP contribution in [0.5, 0.6) is 0 Å². The standard InChI is InChI=1S/C14H13NO4S/c15-10-12-3-5-14(6-4-12)20(16,17)9-8-18-11-13-2-1-7-19-13/h1-7H,8-9,11H2. The lowest BCUT2D eigenvalue weighted by molar-refractivity contribution is 0.119. The molecule has 104 valence electrons. The zero-order chi connectivity index (χ0) is 14.4. The molecule has 2 aromatic rings. The molecule has 1 aromatic heterocycles. The van der Waals surface area contributed by atoms with Crippen molar-refractivity contribution in [2.45, 2.75) is 11.5 Å². The second-order valence-corrected chi connectivity index (χ2v) is 6.20. The molecule has 0 saturated carbocycles. The number of nitriles is 1.